The first-order valence-corrected chi connectivity index (χ1v) is 4.60. The zero-order valence-electron chi connectivity index (χ0n) is 8.00. The normalized spacial score (nSPS) is 40.9. The fourth-order valence-electron chi connectivity index (χ4n) is 1.75. The number of primary amides is 1. The van der Waals surface area contributed by atoms with Crippen molar-refractivity contribution in [2.45, 2.75) is 24.4 Å². The van der Waals surface area contributed by atoms with E-state index in [1.165, 1.54) is 0 Å². The Kier molecular flexibility index (Phi) is 3.17. The van der Waals surface area contributed by atoms with Gasteiger partial charge in [-0.3, -0.25) is 4.79 Å². The van der Waals surface area contributed by atoms with E-state index in [0.717, 1.165) is 0 Å². The van der Waals surface area contributed by atoms with E-state index in [1.54, 1.807) is 0 Å². The molecule has 1 amide bonds. The van der Waals surface area contributed by atoms with E-state index in [0.29, 0.717) is 0 Å². The summed E-state index contributed by atoms with van der Waals surface area (Å²) >= 11 is 0. The van der Waals surface area contributed by atoms with E-state index in [-0.39, 0.29) is 20.2 Å². The van der Waals surface area contributed by atoms with E-state index in [9.17, 15) is 4.79 Å². The predicted molar refractivity (Wildman–Crippen MR) is 45.5 cm³/mol. The number of hydrogen-bond donors (Lipinski definition) is 2. The van der Waals surface area contributed by atoms with Crippen LogP contribution in [-0.4, -0.2) is 55.6 Å². The first-order chi connectivity index (χ1) is 7.24. The lowest BCUT2D eigenvalue weighted by Gasteiger charge is -2.42. The Hall–Kier alpha value is -0.730. The lowest BCUT2D eigenvalue weighted by Crippen LogP contribution is -2.61. The molecule has 7 heteroatoms. The number of nitrogens with two attached hydrogens (primary N) is 1. The molecule has 0 radical (unpaired) electrons. The minimum Gasteiger partial charge on any atom is -0.394 e. The average Bonchev–Trinajstić information content (AvgIpc) is 2.27. The quantitative estimate of drug-likeness (QED) is 0.554. The molecule has 2 fully saturated rings. The molecule has 3 N–H and O–H groups in total. The number of fused-ring (bicyclic) bond motifs is 1. The largest absolute Gasteiger partial charge is 0.394 e. The fourth-order valence-corrected chi connectivity index (χ4v) is 1.75. The molecule has 2 saturated heterocycles. The maximum atomic E-state index is 11.1. The van der Waals surface area contributed by atoms with E-state index in [4.69, 9.17) is 29.8 Å². The number of hydrogen-bond acceptors (Lipinski definition) is 6. The Bertz CT molecular complexity index is 247. The summed E-state index contributed by atoms with van der Waals surface area (Å²) in [5.74, 6) is -0.605. The maximum Gasteiger partial charge on any atom is 0.249 e. The molecule has 86 valence electrons. The van der Waals surface area contributed by atoms with Gasteiger partial charge in [0.25, 0.3) is 0 Å². The van der Waals surface area contributed by atoms with Crippen molar-refractivity contribution in [3.05, 3.63) is 0 Å². The summed E-state index contributed by atoms with van der Waals surface area (Å²) in [4.78, 5) is 11.1. The zero-order chi connectivity index (χ0) is 10.8. The van der Waals surface area contributed by atoms with Gasteiger partial charge in [-0.25, -0.2) is 0 Å². The highest BCUT2D eigenvalue weighted by molar-refractivity contribution is 5.79. The first kappa shape index (κ1) is 10.8. The second kappa shape index (κ2) is 4.42. The fraction of sp³-hybridized carbons (Fsp3) is 0.875. The lowest BCUT2D eigenvalue weighted by molar-refractivity contribution is -0.319. The second-order valence-corrected chi connectivity index (χ2v) is 3.38. The summed E-state index contributed by atoms with van der Waals surface area (Å²) in [6.45, 7) is -0.267. The molecule has 0 unspecified atom stereocenters. The number of aliphatic hydroxyl groups excluding tert-OH is 1. The van der Waals surface area contributed by atoms with Crippen LogP contribution in [0.5, 0.6) is 0 Å². The Morgan fingerprint density at radius 1 is 1.20 bits per heavy atom. The van der Waals surface area contributed by atoms with Gasteiger partial charge >= 0.3 is 0 Å². The van der Waals surface area contributed by atoms with Crippen molar-refractivity contribution in [1.29, 1.82) is 0 Å². The Labute approximate surface area is 86.0 Å². The van der Waals surface area contributed by atoms with Crippen LogP contribution in [0.3, 0.4) is 0 Å². The molecule has 15 heavy (non-hydrogen) atoms. The summed E-state index contributed by atoms with van der Waals surface area (Å²) in [7, 11) is 0. The van der Waals surface area contributed by atoms with E-state index in [1.807, 2.05) is 0 Å². The van der Waals surface area contributed by atoms with Crippen LogP contribution in [0.2, 0.25) is 0 Å². The Morgan fingerprint density at radius 3 is 2.53 bits per heavy atom. The number of aliphatic hydroxyl groups is 1. The van der Waals surface area contributed by atoms with E-state index in [2.05, 4.69) is 0 Å². The van der Waals surface area contributed by atoms with Gasteiger partial charge in [0, 0.05) is 0 Å². The first-order valence-electron chi connectivity index (χ1n) is 4.60. The van der Waals surface area contributed by atoms with Gasteiger partial charge in [-0.2, -0.15) is 0 Å². The monoisotopic (exact) mass is 219 g/mol. The smallest absolute Gasteiger partial charge is 0.249 e. The molecule has 0 aliphatic carbocycles. The van der Waals surface area contributed by atoms with Crippen molar-refractivity contribution >= 4 is 5.91 Å². The van der Waals surface area contributed by atoms with Gasteiger partial charge in [-0.05, 0) is 0 Å². The highest BCUT2D eigenvalue weighted by Gasteiger charge is 2.46. The minimum absolute atomic E-state index is 0.0110. The number of rotatable bonds is 2. The van der Waals surface area contributed by atoms with Crippen molar-refractivity contribution in [3.8, 4) is 0 Å². The number of carbonyl (C=O) groups is 1. The van der Waals surface area contributed by atoms with Crippen molar-refractivity contribution in [2.24, 2.45) is 5.73 Å². The van der Waals surface area contributed by atoms with E-state index >= 15 is 0 Å². The molecule has 7 nitrogen and oxygen atoms in total. The summed E-state index contributed by atoms with van der Waals surface area (Å²) in [6.07, 6.45) is -2.48. The Balaban J connectivity index is 2.11. The van der Waals surface area contributed by atoms with Crippen LogP contribution < -0.4 is 5.73 Å². The second-order valence-electron chi connectivity index (χ2n) is 3.38. The molecular formula is C8H13NO6. The Morgan fingerprint density at radius 2 is 1.87 bits per heavy atom. The SMILES string of the molecule is NC(=O)[C@@H]1OCO[C@H]2[C@H]1OCO[C@H]2CO. The van der Waals surface area contributed by atoms with Gasteiger partial charge in [0.15, 0.2) is 6.10 Å². The standard InChI is InChI=1S/C8H13NO6/c9-8(11)7-6-5(13-3-15-7)4(1-10)12-2-14-6/h4-7,10H,1-3H2,(H2,9,11)/t4-,5+,6+,7+/m0/s1. The molecule has 0 spiro atoms. The maximum absolute atomic E-state index is 11.1. The average molecular weight is 219 g/mol. The number of carbonyl (C=O) groups excluding carboxylic acids is 1. The summed E-state index contributed by atoms with van der Waals surface area (Å²) in [6, 6.07) is 0. The summed E-state index contributed by atoms with van der Waals surface area (Å²) < 4.78 is 20.6. The highest BCUT2D eigenvalue weighted by atomic mass is 16.8. The number of amides is 1. The van der Waals surface area contributed by atoms with Gasteiger partial charge in [0.1, 0.15) is 31.9 Å². The summed E-state index contributed by atoms with van der Waals surface area (Å²) in [5.41, 5.74) is 5.16. The van der Waals surface area contributed by atoms with Gasteiger partial charge in [0.2, 0.25) is 5.91 Å². The molecule has 2 aliphatic heterocycles. The van der Waals surface area contributed by atoms with Crippen LogP contribution in [-0.2, 0) is 23.7 Å². The highest BCUT2D eigenvalue weighted by Crippen LogP contribution is 2.25. The van der Waals surface area contributed by atoms with Crippen LogP contribution in [0, 0.1) is 0 Å². The van der Waals surface area contributed by atoms with Gasteiger partial charge < -0.3 is 29.8 Å². The minimum atomic E-state index is -0.846. The third kappa shape index (κ3) is 1.97. The molecule has 2 aliphatic rings. The lowest BCUT2D eigenvalue weighted by atomic mass is 10.0. The van der Waals surface area contributed by atoms with Crippen LogP contribution >= 0.6 is 0 Å². The molecular weight excluding hydrogens is 206 g/mol. The molecule has 0 saturated carbocycles. The molecule has 2 rings (SSSR count). The molecule has 2 heterocycles. The molecule has 0 bridgehead atoms. The van der Waals surface area contributed by atoms with Crippen LogP contribution in [0.1, 0.15) is 0 Å². The van der Waals surface area contributed by atoms with E-state index < -0.39 is 30.3 Å². The topological polar surface area (TPSA) is 100 Å². The molecule has 0 aromatic heterocycles. The molecule has 4 atom stereocenters. The molecule has 0 aromatic rings. The van der Waals surface area contributed by atoms with Crippen molar-refractivity contribution in [1.82, 2.24) is 0 Å². The van der Waals surface area contributed by atoms with Gasteiger partial charge in [-0.15, -0.1) is 0 Å². The third-order valence-corrected chi connectivity index (χ3v) is 2.50. The van der Waals surface area contributed by atoms with Crippen LogP contribution in [0.25, 0.3) is 0 Å². The van der Waals surface area contributed by atoms with Gasteiger partial charge in [-0.1, -0.05) is 0 Å². The predicted octanol–water partition coefficient (Wildman–Crippen LogP) is -2.05. The molecule has 0 aromatic carbocycles. The summed E-state index contributed by atoms with van der Waals surface area (Å²) in [5, 5.41) is 9.04. The van der Waals surface area contributed by atoms with Gasteiger partial charge in [0.05, 0.1) is 6.61 Å². The number of ether oxygens (including phenoxy) is 4. The van der Waals surface area contributed by atoms with Crippen LogP contribution in [0.15, 0.2) is 0 Å². The third-order valence-electron chi connectivity index (χ3n) is 2.50. The zero-order valence-corrected chi connectivity index (χ0v) is 8.00. The van der Waals surface area contributed by atoms with Crippen molar-refractivity contribution < 1.29 is 28.8 Å². The van der Waals surface area contributed by atoms with Crippen LogP contribution in [0.4, 0.5) is 0 Å². The van der Waals surface area contributed by atoms with Crippen molar-refractivity contribution in [3.63, 3.8) is 0 Å². The van der Waals surface area contributed by atoms with Crippen molar-refractivity contribution in [2.75, 3.05) is 20.2 Å².